The Kier molecular flexibility index (Phi) is 5.72. The third-order valence-electron chi connectivity index (χ3n) is 5.90. The topological polar surface area (TPSA) is 58.9 Å². The Bertz CT molecular complexity index is 1140. The lowest BCUT2D eigenvalue weighted by atomic mass is 9.97. The van der Waals surface area contributed by atoms with Crippen molar-refractivity contribution in [3.8, 4) is 5.69 Å². The van der Waals surface area contributed by atoms with Crippen molar-refractivity contribution >= 4 is 24.2 Å². The Labute approximate surface area is 181 Å². The Morgan fingerprint density at radius 3 is 2.73 bits per heavy atom. The molecule has 3 heterocycles. The number of H-pyrrole nitrogens is 1. The molecule has 0 bridgehead atoms. The zero-order valence-corrected chi connectivity index (χ0v) is 18.4. The van der Waals surface area contributed by atoms with E-state index in [1.807, 2.05) is 40.8 Å². The number of para-hydroxylation sites is 1. The van der Waals surface area contributed by atoms with Crippen LogP contribution in [0.5, 0.6) is 0 Å². The Morgan fingerprint density at radius 1 is 1.27 bits per heavy atom. The molecular formula is C23H27N5OS. The molecule has 30 heavy (non-hydrogen) atoms. The van der Waals surface area contributed by atoms with Crippen LogP contribution in [0.25, 0.3) is 11.8 Å². The summed E-state index contributed by atoms with van der Waals surface area (Å²) in [5, 5.41) is 7.21. The van der Waals surface area contributed by atoms with E-state index >= 15 is 0 Å². The number of aromatic amines is 1. The fraction of sp³-hybridized carbons (Fsp3) is 0.348. The highest BCUT2D eigenvalue weighted by Gasteiger charge is 2.26. The molecule has 0 saturated carbocycles. The Hall–Kier alpha value is -2.93. The van der Waals surface area contributed by atoms with Gasteiger partial charge < -0.3 is 14.0 Å². The molecule has 0 spiro atoms. The molecule has 1 amide bonds. The van der Waals surface area contributed by atoms with Crippen molar-refractivity contribution < 1.29 is 4.79 Å². The summed E-state index contributed by atoms with van der Waals surface area (Å²) in [5.74, 6) is 1.17. The van der Waals surface area contributed by atoms with Crippen molar-refractivity contribution in [3.05, 3.63) is 70.0 Å². The third-order valence-corrected chi connectivity index (χ3v) is 6.27. The van der Waals surface area contributed by atoms with E-state index in [9.17, 15) is 4.79 Å². The fourth-order valence-corrected chi connectivity index (χ4v) is 4.45. The average molecular weight is 422 g/mol. The first-order chi connectivity index (χ1) is 14.5. The summed E-state index contributed by atoms with van der Waals surface area (Å²) < 4.78 is 4.73. The summed E-state index contributed by atoms with van der Waals surface area (Å²) in [6.07, 6.45) is 5.61. The number of aromatic nitrogens is 4. The van der Waals surface area contributed by atoms with Crippen LogP contribution in [0.4, 0.5) is 0 Å². The highest BCUT2D eigenvalue weighted by atomic mass is 32.1. The summed E-state index contributed by atoms with van der Waals surface area (Å²) in [6.45, 7) is 5.62. The first kappa shape index (κ1) is 20.3. The van der Waals surface area contributed by atoms with Gasteiger partial charge in [-0.1, -0.05) is 18.2 Å². The second-order valence-corrected chi connectivity index (χ2v) is 8.29. The zero-order valence-electron chi connectivity index (χ0n) is 17.6. The van der Waals surface area contributed by atoms with E-state index in [1.54, 1.807) is 6.08 Å². The molecule has 1 fully saturated rings. The molecule has 7 heteroatoms. The minimum absolute atomic E-state index is 0.0426. The second kappa shape index (κ2) is 8.44. The normalized spacial score (nSPS) is 17.0. The highest BCUT2D eigenvalue weighted by Crippen LogP contribution is 2.26. The summed E-state index contributed by atoms with van der Waals surface area (Å²) in [7, 11) is 1.92. The molecule has 1 saturated heterocycles. The van der Waals surface area contributed by atoms with Gasteiger partial charge >= 0.3 is 0 Å². The summed E-state index contributed by atoms with van der Waals surface area (Å²) in [4.78, 5) is 14.8. The summed E-state index contributed by atoms with van der Waals surface area (Å²) in [6, 6.07) is 12.4. The van der Waals surface area contributed by atoms with E-state index in [2.05, 4.69) is 46.8 Å². The molecule has 1 aromatic carbocycles. The number of nitrogens with zero attached hydrogens (tertiary/aromatic N) is 4. The number of rotatable bonds is 4. The van der Waals surface area contributed by atoms with Gasteiger partial charge in [-0.15, -0.1) is 0 Å². The number of nitrogens with one attached hydrogen (secondary N) is 1. The molecule has 1 atom stereocenters. The van der Waals surface area contributed by atoms with Gasteiger partial charge in [-0.25, -0.2) is 0 Å². The molecular weight excluding hydrogens is 394 g/mol. The molecule has 6 nitrogen and oxygen atoms in total. The Balaban J connectivity index is 1.50. The minimum atomic E-state index is 0.0426. The lowest BCUT2D eigenvalue weighted by molar-refractivity contribution is -0.127. The maximum atomic E-state index is 12.9. The van der Waals surface area contributed by atoms with Crippen molar-refractivity contribution in [1.29, 1.82) is 0 Å². The van der Waals surface area contributed by atoms with Gasteiger partial charge in [-0.3, -0.25) is 9.89 Å². The molecule has 1 aliphatic rings. The lowest BCUT2D eigenvalue weighted by Gasteiger charge is -2.31. The van der Waals surface area contributed by atoms with Crippen molar-refractivity contribution in [2.75, 3.05) is 13.1 Å². The van der Waals surface area contributed by atoms with Crippen LogP contribution in [0.2, 0.25) is 0 Å². The van der Waals surface area contributed by atoms with Crippen molar-refractivity contribution in [3.63, 3.8) is 0 Å². The van der Waals surface area contributed by atoms with Crippen molar-refractivity contribution in [2.45, 2.75) is 32.6 Å². The van der Waals surface area contributed by atoms with E-state index in [-0.39, 0.29) is 11.8 Å². The highest BCUT2D eigenvalue weighted by molar-refractivity contribution is 7.71. The molecule has 2 aromatic heterocycles. The number of piperidine rings is 1. The van der Waals surface area contributed by atoms with E-state index in [0.717, 1.165) is 47.8 Å². The first-order valence-corrected chi connectivity index (χ1v) is 10.7. The molecule has 1 unspecified atom stereocenters. The van der Waals surface area contributed by atoms with Gasteiger partial charge in [0.15, 0.2) is 4.77 Å². The van der Waals surface area contributed by atoms with Crippen LogP contribution < -0.4 is 0 Å². The zero-order chi connectivity index (χ0) is 21.3. The van der Waals surface area contributed by atoms with E-state index < -0.39 is 0 Å². The van der Waals surface area contributed by atoms with E-state index in [4.69, 9.17) is 12.2 Å². The van der Waals surface area contributed by atoms with Gasteiger partial charge in [-0.2, -0.15) is 5.10 Å². The first-order valence-electron chi connectivity index (χ1n) is 10.3. The van der Waals surface area contributed by atoms with Crippen LogP contribution in [-0.4, -0.2) is 43.2 Å². The number of amides is 1. The van der Waals surface area contributed by atoms with Crippen molar-refractivity contribution in [2.24, 2.45) is 7.05 Å². The monoisotopic (exact) mass is 421 g/mol. The maximum Gasteiger partial charge on any atom is 0.246 e. The number of carbonyl (C=O) groups is 1. The number of carbonyl (C=O) groups excluding carboxylic acids is 1. The van der Waals surface area contributed by atoms with Crippen LogP contribution in [-0.2, 0) is 11.8 Å². The van der Waals surface area contributed by atoms with Crippen LogP contribution in [0.15, 0.2) is 42.5 Å². The van der Waals surface area contributed by atoms with Crippen LogP contribution in [0.3, 0.4) is 0 Å². The number of likely N-dealkylation sites (tertiary alicyclic amines) is 1. The van der Waals surface area contributed by atoms with Crippen molar-refractivity contribution in [1.82, 2.24) is 24.2 Å². The van der Waals surface area contributed by atoms with Crippen LogP contribution in [0, 0.1) is 18.6 Å². The number of hydrogen-bond acceptors (Lipinski definition) is 3. The predicted octanol–water partition coefficient (Wildman–Crippen LogP) is 4.30. The number of hydrogen-bond donors (Lipinski definition) is 1. The van der Waals surface area contributed by atoms with E-state index in [0.29, 0.717) is 11.3 Å². The van der Waals surface area contributed by atoms with Gasteiger partial charge in [0.25, 0.3) is 0 Å². The maximum absolute atomic E-state index is 12.9. The van der Waals surface area contributed by atoms with Gasteiger partial charge in [0.05, 0.1) is 0 Å². The molecule has 0 radical (unpaired) electrons. The molecule has 156 valence electrons. The molecule has 0 aliphatic carbocycles. The largest absolute Gasteiger partial charge is 0.338 e. The van der Waals surface area contributed by atoms with Gasteiger partial charge in [0, 0.05) is 49.2 Å². The van der Waals surface area contributed by atoms with Gasteiger partial charge in [0.2, 0.25) is 5.91 Å². The minimum Gasteiger partial charge on any atom is -0.338 e. The van der Waals surface area contributed by atoms with Gasteiger partial charge in [-0.05, 0) is 68.7 Å². The van der Waals surface area contributed by atoms with Crippen LogP contribution in [0.1, 0.15) is 41.5 Å². The van der Waals surface area contributed by atoms with Crippen LogP contribution >= 0.6 is 12.2 Å². The Morgan fingerprint density at radius 2 is 2.03 bits per heavy atom. The smallest absolute Gasteiger partial charge is 0.246 e. The lowest BCUT2D eigenvalue weighted by Crippen LogP contribution is -2.38. The molecule has 1 N–H and O–H groups in total. The van der Waals surface area contributed by atoms with E-state index in [1.165, 1.54) is 0 Å². The second-order valence-electron chi connectivity index (χ2n) is 7.90. The summed E-state index contributed by atoms with van der Waals surface area (Å²) in [5.41, 5.74) is 4.47. The standard InChI is InChI=1S/C23H27N5OS/c1-16-14-18(17(2)28(16)20-9-5-4-6-10-20)11-12-21(29)27-13-7-8-19(15-27)22-24-25-23(30)26(22)3/h4-6,9-12,14,19H,7-8,13,15H2,1-3H3,(H,25,30). The molecule has 3 aromatic rings. The summed E-state index contributed by atoms with van der Waals surface area (Å²) >= 11 is 5.23. The SMILES string of the molecule is Cc1cc(C=CC(=O)N2CCCC(c3n[nH]c(=S)n3C)C2)c(C)n1-c1ccccc1. The third kappa shape index (κ3) is 3.89. The molecule has 1 aliphatic heterocycles. The average Bonchev–Trinajstić information content (AvgIpc) is 3.24. The number of aryl methyl sites for hydroxylation is 1. The molecule has 4 rings (SSSR count). The quantitative estimate of drug-likeness (QED) is 0.505. The predicted molar refractivity (Wildman–Crippen MR) is 121 cm³/mol. The van der Waals surface area contributed by atoms with Gasteiger partial charge in [0.1, 0.15) is 5.82 Å². The fourth-order valence-electron chi connectivity index (χ4n) is 4.31. The number of benzene rings is 1.